The maximum Gasteiger partial charge on any atom is 0.227 e. The number of hydrogen-bond donors (Lipinski definition) is 0. The van der Waals surface area contributed by atoms with Gasteiger partial charge in [0.15, 0.2) is 0 Å². The van der Waals surface area contributed by atoms with Crippen LogP contribution in [0.15, 0.2) is 89.5 Å². The number of rotatable bonds is 1. The van der Waals surface area contributed by atoms with Crippen LogP contribution >= 0.6 is 0 Å². The lowest BCUT2D eigenvalue weighted by Crippen LogP contribution is -1.94. The number of fused-ring (bicyclic) bond motifs is 6. The fourth-order valence-corrected chi connectivity index (χ4v) is 3.92. The zero-order chi connectivity index (χ0) is 17.1. The lowest BCUT2D eigenvalue weighted by molar-refractivity contribution is 0.654. The highest BCUT2D eigenvalue weighted by atomic mass is 16.3. The molecule has 0 saturated heterocycles. The van der Waals surface area contributed by atoms with E-state index >= 15 is 0 Å². The molecule has 0 spiro atoms. The first-order chi connectivity index (χ1) is 12.9. The Bertz CT molecular complexity index is 1390. The van der Waals surface area contributed by atoms with E-state index in [0.717, 1.165) is 22.0 Å². The first-order valence-corrected chi connectivity index (χ1v) is 8.66. The normalized spacial score (nSPS) is 11.8. The first-order valence-electron chi connectivity index (χ1n) is 8.66. The van der Waals surface area contributed by atoms with Crippen LogP contribution in [0.2, 0.25) is 0 Å². The van der Waals surface area contributed by atoms with Crippen LogP contribution in [-0.4, -0.2) is 9.55 Å². The predicted molar refractivity (Wildman–Crippen MR) is 106 cm³/mol. The third-order valence-electron chi connectivity index (χ3n) is 5.06. The van der Waals surface area contributed by atoms with Crippen molar-refractivity contribution in [3.05, 3.63) is 85.1 Å². The summed E-state index contributed by atoms with van der Waals surface area (Å²) in [7, 11) is 0. The summed E-state index contributed by atoms with van der Waals surface area (Å²) in [6.45, 7) is 0. The second-order valence-electron chi connectivity index (χ2n) is 6.51. The Labute approximate surface area is 149 Å². The van der Waals surface area contributed by atoms with Crippen LogP contribution in [0.25, 0.3) is 49.6 Å². The van der Waals surface area contributed by atoms with Crippen LogP contribution in [0.4, 0.5) is 0 Å². The molecule has 3 heterocycles. The molecule has 3 aromatic carbocycles. The number of aromatic nitrogens is 2. The van der Waals surface area contributed by atoms with Crippen LogP contribution in [0.3, 0.4) is 0 Å². The van der Waals surface area contributed by atoms with Crippen molar-refractivity contribution in [2.75, 3.05) is 0 Å². The van der Waals surface area contributed by atoms with Gasteiger partial charge in [0.2, 0.25) is 5.71 Å². The third-order valence-corrected chi connectivity index (χ3v) is 5.06. The largest absolute Gasteiger partial charge is 0.438 e. The molecule has 0 amide bonds. The maximum atomic E-state index is 5.88. The minimum Gasteiger partial charge on any atom is -0.438 e. The first kappa shape index (κ1) is 13.7. The van der Waals surface area contributed by atoms with Crippen LogP contribution < -0.4 is 0 Å². The lowest BCUT2D eigenvalue weighted by Gasteiger charge is -2.07. The highest BCUT2D eigenvalue weighted by Crippen LogP contribution is 2.34. The van der Waals surface area contributed by atoms with Crippen molar-refractivity contribution in [1.82, 2.24) is 9.55 Å². The summed E-state index contributed by atoms with van der Waals surface area (Å²) in [5.41, 5.74) is 4.96. The molecule has 6 aromatic rings. The third kappa shape index (κ3) is 1.74. The molecule has 122 valence electrons. The Kier molecular flexibility index (Phi) is 2.61. The summed E-state index contributed by atoms with van der Waals surface area (Å²) >= 11 is 0. The van der Waals surface area contributed by atoms with Gasteiger partial charge in [-0.1, -0.05) is 54.6 Å². The van der Waals surface area contributed by atoms with E-state index in [1.165, 1.54) is 21.8 Å². The average molecular weight is 334 g/mol. The van der Waals surface area contributed by atoms with E-state index in [2.05, 4.69) is 70.2 Å². The molecule has 3 heteroatoms. The van der Waals surface area contributed by atoms with Gasteiger partial charge < -0.3 is 8.98 Å². The Morgan fingerprint density at radius 1 is 0.654 bits per heavy atom. The molecule has 0 bridgehead atoms. The van der Waals surface area contributed by atoms with Gasteiger partial charge in [0.05, 0.1) is 28.3 Å². The molecule has 0 N–H and O–H groups in total. The molecule has 0 aliphatic rings. The Morgan fingerprint density at radius 3 is 2.00 bits per heavy atom. The average Bonchev–Trinajstić information content (AvgIpc) is 3.23. The van der Waals surface area contributed by atoms with E-state index in [0.29, 0.717) is 5.71 Å². The SMILES string of the molecule is c1ccc2c(c1)oc1ncc(-n3c4ccccc4c4ccccc43)cc12. The van der Waals surface area contributed by atoms with Crippen molar-refractivity contribution in [2.45, 2.75) is 0 Å². The van der Waals surface area contributed by atoms with Crippen molar-refractivity contribution < 1.29 is 4.42 Å². The molecule has 0 aliphatic heterocycles. The zero-order valence-corrected chi connectivity index (χ0v) is 13.9. The molecular weight excluding hydrogens is 320 g/mol. The summed E-state index contributed by atoms with van der Waals surface area (Å²) < 4.78 is 8.16. The summed E-state index contributed by atoms with van der Waals surface area (Å²) in [5.74, 6) is 0. The van der Waals surface area contributed by atoms with E-state index in [9.17, 15) is 0 Å². The number of benzene rings is 3. The highest BCUT2D eigenvalue weighted by molar-refractivity contribution is 6.10. The minimum absolute atomic E-state index is 0.677. The zero-order valence-electron chi connectivity index (χ0n) is 13.9. The van der Waals surface area contributed by atoms with E-state index in [4.69, 9.17) is 4.42 Å². The van der Waals surface area contributed by atoms with E-state index in [1.54, 1.807) is 0 Å². The molecule has 6 rings (SSSR count). The smallest absolute Gasteiger partial charge is 0.227 e. The number of hydrogen-bond acceptors (Lipinski definition) is 2. The summed E-state index contributed by atoms with van der Waals surface area (Å²) in [4.78, 5) is 4.60. The molecule has 3 nitrogen and oxygen atoms in total. The van der Waals surface area contributed by atoms with Gasteiger partial charge in [-0.15, -0.1) is 0 Å². The van der Waals surface area contributed by atoms with E-state index in [1.807, 2.05) is 24.4 Å². The van der Waals surface area contributed by atoms with Crippen LogP contribution in [0, 0.1) is 0 Å². The molecule has 0 radical (unpaired) electrons. The quantitative estimate of drug-likeness (QED) is 0.365. The second-order valence-corrected chi connectivity index (χ2v) is 6.51. The van der Waals surface area contributed by atoms with Crippen LogP contribution in [0.5, 0.6) is 0 Å². The Hall–Kier alpha value is -3.59. The van der Waals surface area contributed by atoms with Gasteiger partial charge in [0.25, 0.3) is 0 Å². The topological polar surface area (TPSA) is 31.0 Å². The molecular formula is C23H14N2O. The van der Waals surface area contributed by atoms with Gasteiger partial charge in [-0.2, -0.15) is 0 Å². The van der Waals surface area contributed by atoms with Crippen molar-refractivity contribution >= 4 is 43.9 Å². The summed E-state index contributed by atoms with van der Waals surface area (Å²) in [6.07, 6.45) is 1.89. The molecule has 0 fully saturated rings. The van der Waals surface area contributed by atoms with Crippen LogP contribution in [-0.2, 0) is 0 Å². The standard InChI is InChI=1S/C23H14N2O/c1-4-10-20-16(7-1)17-8-2-5-11-21(17)25(20)15-13-19-18-9-3-6-12-22(18)26-23(19)24-14-15/h1-14H. The molecule has 0 aliphatic carbocycles. The Balaban J connectivity index is 1.76. The molecule has 3 aromatic heterocycles. The van der Waals surface area contributed by atoms with Crippen molar-refractivity contribution in [3.63, 3.8) is 0 Å². The summed E-state index contributed by atoms with van der Waals surface area (Å²) in [6, 6.07) is 27.3. The van der Waals surface area contributed by atoms with Gasteiger partial charge in [0, 0.05) is 16.2 Å². The monoisotopic (exact) mass is 334 g/mol. The fraction of sp³-hybridized carbons (Fsp3) is 0. The van der Waals surface area contributed by atoms with Gasteiger partial charge in [-0.3, -0.25) is 0 Å². The minimum atomic E-state index is 0.677. The fourth-order valence-electron chi connectivity index (χ4n) is 3.92. The van der Waals surface area contributed by atoms with Crippen LogP contribution in [0.1, 0.15) is 0 Å². The van der Waals surface area contributed by atoms with Gasteiger partial charge in [-0.25, -0.2) is 4.98 Å². The highest BCUT2D eigenvalue weighted by Gasteiger charge is 2.14. The van der Waals surface area contributed by atoms with Gasteiger partial charge >= 0.3 is 0 Å². The molecule has 0 saturated carbocycles. The number of furan rings is 1. The summed E-state index contributed by atoms with van der Waals surface area (Å²) in [5, 5.41) is 4.64. The van der Waals surface area contributed by atoms with Gasteiger partial charge in [0.1, 0.15) is 5.58 Å². The second kappa shape index (κ2) is 4.96. The Morgan fingerprint density at radius 2 is 1.27 bits per heavy atom. The molecule has 0 unspecified atom stereocenters. The number of pyridine rings is 1. The van der Waals surface area contributed by atoms with Gasteiger partial charge in [-0.05, 0) is 24.3 Å². The maximum absolute atomic E-state index is 5.88. The number of nitrogens with zero attached hydrogens (tertiary/aromatic N) is 2. The molecule has 0 atom stereocenters. The van der Waals surface area contributed by atoms with Crippen molar-refractivity contribution in [1.29, 1.82) is 0 Å². The lowest BCUT2D eigenvalue weighted by atomic mass is 10.2. The van der Waals surface area contributed by atoms with E-state index in [-0.39, 0.29) is 0 Å². The van der Waals surface area contributed by atoms with E-state index < -0.39 is 0 Å². The molecule has 26 heavy (non-hydrogen) atoms. The number of para-hydroxylation sites is 3. The van der Waals surface area contributed by atoms with Crippen molar-refractivity contribution in [3.8, 4) is 5.69 Å². The van der Waals surface area contributed by atoms with Crippen molar-refractivity contribution in [2.24, 2.45) is 0 Å². The predicted octanol–water partition coefficient (Wildman–Crippen LogP) is 6.08.